The third kappa shape index (κ3) is 1.71. The van der Waals surface area contributed by atoms with Gasteiger partial charge in [0.1, 0.15) is 5.75 Å². The molecule has 0 aromatic heterocycles. The Labute approximate surface area is 83.0 Å². The van der Waals surface area contributed by atoms with Gasteiger partial charge in [-0.05, 0) is 42.7 Å². The topological polar surface area (TPSA) is 41.8 Å². The summed E-state index contributed by atoms with van der Waals surface area (Å²) < 4.78 is 5.06. The number of ether oxygens (including phenoxy) is 1. The van der Waals surface area contributed by atoms with Gasteiger partial charge in [0, 0.05) is 5.92 Å². The molecule has 3 heteroatoms. The summed E-state index contributed by atoms with van der Waals surface area (Å²) in [5.41, 5.74) is 1.78. The van der Waals surface area contributed by atoms with E-state index < -0.39 is 0 Å². The summed E-state index contributed by atoms with van der Waals surface area (Å²) in [5, 5.41) is 12.2. The zero-order chi connectivity index (χ0) is 9.97. The lowest BCUT2D eigenvalue weighted by Crippen LogP contribution is -2.03. The van der Waals surface area contributed by atoms with Gasteiger partial charge < -0.3 is 9.94 Å². The van der Waals surface area contributed by atoms with E-state index in [1.165, 1.54) is 0 Å². The molecule has 0 saturated heterocycles. The summed E-state index contributed by atoms with van der Waals surface area (Å²) in [5.74, 6) is 1.27. The number of nitrogens with zero attached hydrogens (tertiary/aromatic N) is 1. The van der Waals surface area contributed by atoms with Gasteiger partial charge in [0.05, 0.1) is 12.8 Å². The van der Waals surface area contributed by atoms with Crippen LogP contribution >= 0.6 is 0 Å². The Morgan fingerprint density at radius 3 is 2.43 bits per heavy atom. The molecule has 1 aliphatic carbocycles. The summed E-state index contributed by atoms with van der Waals surface area (Å²) >= 11 is 0. The van der Waals surface area contributed by atoms with Gasteiger partial charge in [-0.3, -0.25) is 0 Å². The Morgan fingerprint density at radius 1 is 1.36 bits per heavy atom. The van der Waals surface area contributed by atoms with Crippen LogP contribution in [0.4, 0.5) is 0 Å². The number of methoxy groups -OCH3 is 1. The van der Waals surface area contributed by atoms with Crippen molar-refractivity contribution in [2.45, 2.75) is 12.8 Å². The molecule has 0 bridgehead atoms. The first-order valence-electron chi connectivity index (χ1n) is 4.71. The molecule has 74 valence electrons. The monoisotopic (exact) mass is 191 g/mol. The third-order valence-electron chi connectivity index (χ3n) is 2.46. The molecule has 0 heterocycles. The van der Waals surface area contributed by atoms with Crippen molar-refractivity contribution in [1.82, 2.24) is 0 Å². The molecule has 1 aromatic carbocycles. The fraction of sp³-hybridized carbons (Fsp3) is 0.364. The average molecular weight is 191 g/mol. The van der Waals surface area contributed by atoms with Crippen LogP contribution in [0.5, 0.6) is 5.75 Å². The first-order valence-corrected chi connectivity index (χ1v) is 4.71. The van der Waals surface area contributed by atoms with Gasteiger partial charge in [0.25, 0.3) is 0 Å². The van der Waals surface area contributed by atoms with Crippen molar-refractivity contribution in [1.29, 1.82) is 0 Å². The smallest absolute Gasteiger partial charge is 0.118 e. The van der Waals surface area contributed by atoms with Crippen LogP contribution in [0.3, 0.4) is 0 Å². The molecule has 3 nitrogen and oxygen atoms in total. The molecular weight excluding hydrogens is 178 g/mol. The Morgan fingerprint density at radius 2 is 2.00 bits per heavy atom. The van der Waals surface area contributed by atoms with Gasteiger partial charge >= 0.3 is 0 Å². The summed E-state index contributed by atoms with van der Waals surface area (Å²) in [7, 11) is 1.64. The van der Waals surface area contributed by atoms with Crippen LogP contribution < -0.4 is 4.74 Å². The Hall–Kier alpha value is -1.51. The van der Waals surface area contributed by atoms with E-state index in [0.29, 0.717) is 5.92 Å². The van der Waals surface area contributed by atoms with E-state index in [2.05, 4.69) is 5.16 Å². The number of hydrogen-bond donors (Lipinski definition) is 1. The lowest BCUT2D eigenvalue weighted by molar-refractivity contribution is 0.317. The zero-order valence-electron chi connectivity index (χ0n) is 8.10. The van der Waals surface area contributed by atoms with E-state index in [1.54, 1.807) is 7.11 Å². The highest BCUT2D eigenvalue weighted by molar-refractivity contribution is 6.03. The normalized spacial score (nSPS) is 16.8. The van der Waals surface area contributed by atoms with E-state index in [0.717, 1.165) is 29.9 Å². The SMILES string of the molecule is COc1ccc(/C(=N\O)C2CC2)cc1. The Balaban J connectivity index is 2.22. The lowest BCUT2D eigenvalue weighted by atomic mass is 10.1. The van der Waals surface area contributed by atoms with E-state index in [4.69, 9.17) is 9.94 Å². The van der Waals surface area contributed by atoms with Gasteiger partial charge in [-0.25, -0.2) is 0 Å². The first kappa shape index (κ1) is 9.06. The highest BCUT2D eigenvalue weighted by Gasteiger charge is 2.28. The predicted octanol–water partition coefficient (Wildman–Crippen LogP) is 2.28. The standard InChI is InChI=1S/C11H13NO2/c1-14-10-6-4-9(5-7-10)11(12-13)8-2-3-8/h4-8,13H,2-3H2,1H3/b12-11-. The first-order chi connectivity index (χ1) is 6.85. The van der Waals surface area contributed by atoms with Gasteiger partial charge in [-0.2, -0.15) is 0 Å². The maximum absolute atomic E-state index is 8.87. The second kappa shape index (κ2) is 3.70. The second-order valence-corrected chi connectivity index (χ2v) is 3.49. The molecule has 0 amide bonds. The maximum atomic E-state index is 8.87. The summed E-state index contributed by atoms with van der Waals surface area (Å²) in [6.45, 7) is 0. The molecule has 0 atom stereocenters. The van der Waals surface area contributed by atoms with E-state index in [1.807, 2.05) is 24.3 Å². The van der Waals surface area contributed by atoms with Crippen molar-refractivity contribution in [3.63, 3.8) is 0 Å². The minimum absolute atomic E-state index is 0.452. The lowest BCUT2D eigenvalue weighted by Gasteiger charge is -2.03. The summed E-state index contributed by atoms with van der Waals surface area (Å²) in [6, 6.07) is 7.60. The molecule has 0 spiro atoms. The van der Waals surface area contributed by atoms with Gasteiger partial charge in [0.15, 0.2) is 0 Å². The highest BCUT2D eigenvalue weighted by Crippen LogP contribution is 2.33. The van der Waals surface area contributed by atoms with Crippen LogP contribution in [0.25, 0.3) is 0 Å². The fourth-order valence-electron chi connectivity index (χ4n) is 1.49. The van der Waals surface area contributed by atoms with E-state index in [9.17, 15) is 0 Å². The minimum Gasteiger partial charge on any atom is -0.497 e. The van der Waals surface area contributed by atoms with E-state index >= 15 is 0 Å². The van der Waals surface area contributed by atoms with Crippen molar-refractivity contribution >= 4 is 5.71 Å². The largest absolute Gasteiger partial charge is 0.497 e. The molecule has 0 radical (unpaired) electrons. The van der Waals surface area contributed by atoms with Crippen LogP contribution in [0, 0.1) is 5.92 Å². The Kier molecular flexibility index (Phi) is 2.39. The maximum Gasteiger partial charge on any atom is 0.118 e. The second-order valence-electron chi connectivity index (χ2n) is 3.49. The van der Waals surface area contributed by atoms with Crippen molar-refractivity contribution in [2.75, 3.05) is 7.11 Å². The molecular formula is C11H13NO2. The number of rotatable bonds is 3. The van der Waals surface area contributed by atoms with Crippen LogP contribution in [-0.4, -0.2) is 18.0 Å². The van der Waals surface area contributed by atoms with E-state index in [-0.39, 0.29) is 0 Å². The van der Waals surface area contributed by atoms with Crippen molar-refractivity contribution < 1.29 is 9.94 Å². The molecule has 1 aromatic rings. The Bertz CT molecular complexity index is 339. The van der Waals surface area contributed by atoms with Gasteiger partial charge in [0.2, 0.25) is 0 Å². The quantitative estimate of drug-likeness (QED) is 0.452. The summed E-state index contributed by atoms with van der Waals surface area (Å²) in [4.78, 5) is 0. The molecule has 1 fully saturated rings. The van der Waals surface area contributed by atoms with Crippen LogP contribution in [-0.2, 0) is 0 Å². The predicted molar refractivity (Wildman–Crippen MR) is 54.0 cm³/mol. The van der Waals surface area contributed by atoms with Gasteiger partial charge in [-0.15, -0.1) is 0 Å². The highest BCUT2D eigenvalue weighted by atomic mass is 16.5. The molecule has 1 aliphatic rings. The zero-order valence-corrected chi connectivity index (χ0v) is 8.10. The molecule has 2 rings (SSSR count). The van der Waals surface area contributed by atoms with Crippen LogP contribution in [0.1, 0.15) is 18.4 Å². The molecule has 1 N–H and O–H groups in total. The average Bonchev–Trinajstić information content (AvgIpc) is 3.04. The number of hydrogen-bond acceptors (Lipinski definition) is 3. The van der Waals surface area contributed by atoms with Crippen molar-refractivity contribution in [3.05, 3.63) is 29.8 Å². The molecule has 0 aliphatic heterocycles. The van der Waals surface area contributed by atoms with Crippen molar-refractivity contribution in [2.24, 2.45) is 11.1 Å². The molecule has 0 unspecified atom stereocenters. The minimum atomic E-state index is 0.452. The molecule has 14 heavy (non-hydrogen) atoms. The van der Waals surface area contributed by atoms with Gasteiger partial charge in [-0.1, -0.05) is 5.16 Å². The number of oxime groups is 1. The fourth-order valence-corrected chi connectivity index (χ4v) is 1.49. The van der Waals surface area contributed by atoms with Crippen molar-refractivity contribution in [3.8, 4) is 5.75 Å². The molecule has 1 saturated carbocycles. The van der Waals surface area contributed by atoms with Crippen LogP contribution in [0.2, 0.25) is 0 Å². The summed E-state index contributed by atoms with van der Waals surface area (Å²) in [6.07, 6.45) is 2.26. The van der Waals surface area contributed by atoms with Crippen LogP contribution in [0.15, 0.2) is 29.4 Å². The number of benzene rings is 1. The third-order valence-corrected chi connectivity index (χ3v) is 2.46.